The van der Waals surface area contributed by atoms with E-state index in [1.165, 1.54) is 28.6 Å². The van der Waals surface area contributed by atoms with Crippen LogP contribution in [0.5, 0.6) is 0 Å². The van der Waals surface area contributed by atoms with Crippen LogP contribution in [0, 0.1) is 0 Å². The highest BCUT2D eigenvalue weighted by molar-refractivity contribution is 7.89. The molecule has 0 atom stereocenters. The first-order valence-electron chi connectivity index (χ1n) is 7.17. The molecule has 22 heavy (non-hydrogen) atoms. The highest BCUT2D eigenvalue weighted by Crippen LogP contribution is 2.22. The van der Waals surface area contributed by atoms with Crippen molar-refractivity contribution < 1.29 is 16.8 Å². The van der Waals surface area contributed by atoms with Crippen molar-refractivity contribution in [2.45, 2.75) is 48.9 Å². The molecule has 124 valence electrons. The lowest BCUT2D eigenvalue weighted by molar-refractivity contribution is 0.477. The van der Waals surface area contributed by atoms with Crippen LogP contribution in [0.15, 0.2) is 34.1 Å². The maximum Gasteiger partial charge on any atom is 0.243 e. The minimum Gasteiger partial charge on any atom is -0.207 e. The Morgan fingerprint density at radius 3 is 1.82 bits per heavy atom. The molecule has 2 rings (SSSR count). The first kappa shape index (κ1) is 17.4. The van der Waals surface area contributed by atoms with Gasteiger partial charge in [-0.15, -0.1) is 0 Å². The summed E-state index contributed by atoms with van der Waals surface area (Å²) in [6.45, 7) is 6.28. The van der Waals surface area contributed by atoms with Crippen molar-refractivity contribution in [1.82, 2.24) is 9.03 Å². The number of sulfonamides is 2. The van der Waals surface area contributed by atoms with E-state index in [0.717, 1.165) is 12.8 Å². The van der Waals surface area contributed by atoms with E-state index < -0.39 is 25.6 Å². The van der Waals surface area contributed by atoms with Crippen molar-refractivity contribution in [3.05, 3.63) is 24.3 Å². The summed E-state index contributed by atoms with van der Waals surface area (Å²) in [4.78, 5) is 0.187. The SMILES string of the molecule is CC(C)(C)NS(=O)(=O)c1ccc(S(=O)(=O)N2CCCC2)cc1. The van der Waals surface area contributed by atoms with Gasteiger partial charge in [0, 0.05) is 18.6 Å². The van der Waals surface area contributed by atoms with Gasteiger partial charge in [-0.2, -0.15) is 4.31 Å². The van der Waals surface area contributed by atoms with Gasteiger partial charge >= 0.3 is 0 Å². The molecular weight excluding hydrogens is 324 g/mol. The fourth-order valence-corrected chi connectivity index (χ4v) is 5.27. The van der Waals surface area contributed by atoms with Crippen LogP contribution in [0.3, 0.4) is 0 Å². The minimum atomic E-state index is -3.66. The fraction of sp³-hybridized carbons (Fsp3) is 0.571. The Morgan fingerprint density at radius 2 is 1.36 bits per heavy atom. The molecule has 1 fully saturated rings. The summed E-state index contributed by atoms with van der Waals surface area (Å²) in [6, 6.07) is 5.36. The molecule has 0 amide bonds. The van der Waals surface area contributed by atoms with Crippen LogP contribution in [-0.4, -0.2) is 39.8 Å². The topological polar surface area (TPSA) is 83.5 Å². The van der Waals surface area contributed by atoms with Gasteiger partial charge in [0.05, 0.1) is 9.79 Å². The maximum atomic E-state index is 12.4. The standard InChI is InChI=1S/C14H22N2O4S2/c1-14(2,3)15-21(17,18)12-6-8-13(9-7-12)22(19,20)16-10-4-5-11-16/h6-9,15H,4-5,10-11H2,1-3H3. The lowest BCUT2D eigenvalue weighted by Crippen LogP contribution is -2.40. The van der Waals surface area contributed by atoms with Crippen LogP contribution < -0.4 is 4.72 Å². The normalized spacial score (nSPS) is 17.8. The van der Waals surface area contributed by atoms with Gasteiger partial charge in [0.1, 0.15) is 0 Å². The molecule has 0 unspecified atom stereocenters. The molecule has 1 aromatic carbocycles. The second-order valence-electron chi connectivity index (χ2n) is 6.44. The van der Waals surface area contributed by atoms with E-state index in [1.54, 1.807) is 20.8 Å². The van der Waals surface area contributed by atoms with E-state index in [0.29, 0.717) is 13.1 Å². The van der Waals surface area contributed by atoms with Crippen LogP contribution in [0.1, 0.15) is 33.6 Å². The number of hydrogen-bond donors (Lipinski definition) is 1. The van der Waals surface area contributed by atoms with Crippen LogP contribution in [-0.2, 0) is 20.0 Å². The molecule has 6 nitrogen and oxygen atoms in total. The summed E-state index contributed by atoms with van der Waals surface area (Å²) in [5.41, 5.74) is -0.598. The van der Waals surface area contributed by atoms with Crippen molar-refractivity contribution in [3.8, 4) is 0 Å². The van der Waals surface area contributed by atoms with Crippen molar-refractivity contribution >= 4 is 20.0 Å². The predicted molar refractivity (Wildman–Crippen MR) is 84.5 cm³/mol. The van der Waals surface area contributed by atoms with E-state index in [1.807, 2.05) is 0 Å². The molecule has 0 bridgehead atoms. The fourth-order valence-electron chi connectivity index (χ4n) is 2.33. The minimum absolute atomic E-state index is 0.0581. The lowest BCUT2D eigenvalue weighted by Gasteiger charge is -2.20. The van der Waals surface area contributed by atoms with Crippen LogP contribution in [0.25, 0.3) is 0 Å². The zero-order valence-corrected chi connectivity index (χ0v) is 14.7. The molecule has 1 N–H and O–H groups in total. The number of benzene rings is 1. The summed E-state index contributed by atoms with van der Waals surface area (Å²) in [5.74, 6) is 0. The van der Waals surface area contributed by atoms with E-state index in [9.17, 15) is 16.8 Å². The Bertz CT molecular complexity index is 726. The first-order valence-corrected chi connectivity index (χ1v) is 10.1. The third-order valence-electron chi connectivity index (χ3n) is 3.28. The second kappa shape index (κ2) is 5.92. The molecule has 1 heterocycles. The highest BCUT2D eigenvalue weighted by atomic mass is 32.2. The Kier molecular flexibility index (Phi) is 4.68. The van der Waals surface area contributed by atoms with Crippen molar-refractivity contribution in [3.63, 3.8) is 0 Å². The Hall–Kier alpha value is -0.960. The third-order valence-corrected chi connectivity index (χ3v) is 6.96. The van der Waals surface area contributed by atoms with Gasteiger partial charge in [-0.05, 0) is 57.9 Å². The number of hydrogen-bond acceptors (Lipinski definition) is 4. The third kappa shape index (κ3) is 3.87. The molecule has 1 aromatic rings. The van der Waals surface area contributed by atoms with Crippen LogP contribution in [0.2, 0.25) is 0 Å². The molecule has 0 aromatic heterocycles. The summed E-state index contributed by atoms with van der Waals surface area (Å²) >= 11 is 0. The van der Waals surface area contributed by atoms with Crippen molar-refractivity contribution in [2.24, 2.45) is 0 Å². The summed E-state index contributed by atoms with van der Waals surface area (Å²) < 4.78 is 53.1. The van der Waals surface area contributed by atoms with E-state index in [4.69, 9.17) is 0 Å². The van der Waals surface area contributed by atoms with Crippen LogP contribution >= 0.6 is 0 Å². The molecule has 0 aliphatic carbocycles. The lowest BCUT2D eigenvalue weighted by atomic mass is 10.1. The summed E-state index contributed by atoms with van der Waals surface area (Å²) in [5, 5.41) is 0. The zero-order chi connectivity index (χ0) is 16.6. The zero-order valence-electron chi connectivity index (χ0n) is 13.0. The Morgan fingerprint density at radius 1 is 0.909 bits per heavy atom. The molecule has 1 aliphatic heterocycles. The summed E-state index contributed by atoms with van der Waals surface area (Å²) in [6.07, 6.45) is 1.72. The van der Waals surface area contributed by atoms with E-state index >= 15 is 0 Å². The molecule has 1 aliphatic rings. The van der Waals surface area contributed by atoms with Crippen molar-refractivity contribution in [2.75, 3.05) is 13.1 Å². The number of rotatable bonds is 4. The van der Waals surface area contributed by atoms with Gasteiger partial charge in [-0.1, -0.05) is 0 Å². The van der Waals surface area contributed by atoms with E-state index in [-0.39, 0.29) is 9.79 Å². The quantitative estimate of drug-likeness (QED) is 0.896. The Balaban J connectivity index is 2.27. The predicted octanol–water partition coefficient (Wildman–Crippen LogP) is 1.55. The molecule has 8 heteroatoms. The second-order valence-corrected chi connectivity index (χ2v) is 10.1. The summed E-state index contributed by atoms with van der Waals surface area (Å²) in [7, 11) is -7.18. The smallest absolute Gasteiger partial charge is 0.207 e. The molecular formula is C14H22N2O4S2. The monoisotopic (exact) mass is 346 g/mol. The molecule has 0 radical (unpaired) electrons. The average molecular weight is 346 g/mol. The molecule has 0 spiro atoms. The van der Waals surface area contributed by atoms with E-state index in [2.05, 4.69) is 4.72 Å². The molecule has 1 saturated heterocycles. The first-order chi connectivity index (χ1) is 10.0. The highest BCUT2D eigenvalue weighted by Gasteiger charge is 2.28. The van der Waals surface area contributed by atoms with Gasteiger partial charge in [-0.3, -0.25) is 0 Å². The average Bonchev–Trinajstić information content (AvgIpc) is 2.90. The van der Waals surface area contributed by atoms with Gasteiger partial charge in [0.2, 0.25) is 20.0 Å². The van der Waals surface area contributed by atoms with Gasteiger partial charge in [-0.25, -0.2) is 21.6 Å². The van der Waals surface area contributed by atoms with Gasteiger partial charge in [0.25, 0.3) is 0 Å². The molecule has 0 saturated carbocycles. The van der Waals surface area contributed by atoms with Crippen molar-refractivity contribution in [1.29, 1.82) is 0 Å². The Labute approximate surface area is 132 Å². The largest absolute Gasteiger partial charge is 0.243 e. The van der Waals surface area contributed by atoms with Gasteiger partial charge < -0.3 is 0 Å². The van der Waals surface area contributed by atoms with Crippen LogP contribution in [0.4, 0.5) is 0 Å². The number of nitrogens with zero attached hydrogens (tertiary/aromatic N) is 1. The maximum absolute atomic E-state index is 12.4. The number of nitrogens with one attached hydrogen (secondary N) is 1. The van der Waals surface area contributed by atoms with Gasteiger partial charge in [0.15, 0.2) is 0 Å².